The Morgan fingerprint density at radius 1 is 1.50 bits per heavy atom. The molecule has 0 aromatic heterocycles. The smallest absolute Gasteiger partial charge is 0.452 e. The molecule has 96 valence electrons. The highest BCUT2D eigenvalue weighted by Gasteiger charge is 2.21. The molecular weight excluding hydrogens is 232 g/mol. The van der Waals surface area contributed by atoms with E-state index < -0.39 is 6.09 Å². The Balaban J connectivity index is 2.37. The van der Waals surface area contributed by atoms with Crippen LogP contribution in [0, 0.1) is 6.92 Å². The zero-order chi connectivity index (χ0) is 13.1. The summed E-state index contributed by atoms with van der Waals surface area (Å²) < 4.78 is 10.2. The molecule has 0 bridgehead atoms. The molecular formula is C13H16N2O3. The Morgan fingerprint density at radius 3 is 3.00 bits per heavy atom. The largest absolute Gasteiger partial charge is 0.488 e. The molecule has 18 heavy (non-hydrogen) atoms. The number of carbonyl (C=O) groups is 1. The van der Waals surface area contributed by atoms with E-state index in [9.17, 15) is 4.79 Å². The highest BCUT2D eigenvalue weighted by molar-refractivity contribution is 5.68. The van der Waals surface area contributed by atoms with Crippen LogP contribution in [0.4, 0.5) is 10.5 Å². The van der Waals surface area contributed by atoms with E-state index in [0.29, 0.717) is 5.69 Å². The van der Waals surface area contributed by atoms with Gasteiger partial charge in [-0.05, 0) is 43.9 Å². The molecule has 0 saturated carbocycles. The van der Waals surface area contributed by atoms with E-state index in [-0.39, 0.29) is 6.10 Å². The van der Waals surface area contributed by atoms with Gasteiger partial charge in [0.1, 0.15) is 5.69 Å². The third-order valence-electron chi connectivity index (χ3n) is 3.01. The van der Waals surface area contributed by atoms with Gasteiger partial charge in [-0.1, -0.05) is 11.2 Å². The van der Waals surface area contributed by atoms with Crippen molar-refractivity contribution < 1.29 is 14.3 Å². The van der Waals surface area contributed by atoms with Gasteiger partial charge < -0.3 is 9.47 Å². The van der Waals surface area contributed by atoms with Crippen molar-refractivity contribution in [2.45, 2.75) is 32.8 Å². The van der Waals surface area contributed by atoms with Gasteiger partial charge in [0, 0.05) is 0 Å². The van der Waals surface area contributed by atoms with E-state index >= 15 is 0 Å². The predicted octanol–water partition coefficient (Wildman–Crippen LogP) is 3.56. The molecule has 0 aliphatic carbocycles. The van der Waals surface area contributed by atoms with Gasteiger partial charge in [-0.3, -0.25) is 0 Å². The highest BCUT2D eigenvalue weighted by Crippen LogP contribution is 2.38. The monoisotopic (exact) mass is 248 g/mol. The summed E-state index contributed by atoms with van der Waals surface area (Å²) in [5.74, 6) is 0.737. The molecule has 1 amide bonds. The molecule has 0 saturated heterocycles. The number of ether oxygens (including phenoxy) is 2. The van der Waals surface area contributed by atoms with Gasteiger partial charge in [0.25, 0.3) is 0 Å². The van der Waals surface area contributed by atoms with E-state index in [0.717, 1.165) is 24.2 Å². The number of carbonyl (C=O) groups excluding carboxylic acids is 1. The van der Waals surface area contributed by atoms with Gasteiger partial charge in [-0.2, -0.15) is 0 Å². The lowest BCUT2D eigenvalue weighted by atomic mass is 9.97. The Labute approximate surface area is 106 Å². The minimum Gasteiger partial charge on any atom is -0.488 e. The maximum Gasteiger partial charge on any atom is 0.452 e. The number of hydrogen-bond donors (Lipinski definition) is 0. The molecule has 1 aliphatic heterocycles. The second kappa shape index (κ2) is 5.16. The normalized spacial score (nSPS) is 18.3. The van der Waals surface area contributed by atoms with Crippen LogP contribution in [0.1, 0.15) is 24.5 Å². The Bertz CT molecular complexity index is 497. The molecule has 5 heteroatoms. The van der Waals surface area contributed by atoms with E-state index in [1.54, 1.807) is 6.07 Å². The maximum absolute atomic E-state index is 11.0. The molecule has 5 nitrogen and oxygen atoms in total. The van der Waals surface area contributed by atoms with Crippen LogP contribution in [0.25, 0.3) is 0 Å². The lowest BCUT2D eigenvalue weighted by molar-refractivity contribution is 0.180. The lowest BCUT2D eigenvalue weighted by Crippen LogP contribution is -2.19. The van der Waals surface area contributed by atoms with Crippen molar-refractivity contribution in [2.24, 2.45) is 10.2 Å². The number of fused-ring (bicyclic) bond motifs is 1. The minimum absolute atomic E-state index is 0.159. The summed E-state index contributed by atoms with van der Waals surface area (Å²) >= 11 is 0. The van der Waals surface area contributed by atoms with Gasteiger partial charge in [0.2, 0.25) is 0 Å². The van der Waals surface area contributed by atoms with Crippen LogP contribution in [-0.2, 0) is 11.2 Å². The highest BCUT2D eigenvalue weighted by atomic mass is 16.5. The summed E-state index contributed by atoms with van der Waals surface area (Å²) in [6.45, 7) is 4.06. The zero-order valence-corrected chi connectivity index (χ0v) is 10.8. The van der Waals surface area contributed by atoms with Crippen LogP contribution < -0.4 is 4.74 Å². The van der Waals surface area contributed by atoms with Crippen LogP contribution in [-0.4, -0.2) is 19.3 Å². The van der Waals surface area contributed by atoms with Gasteiger partial charge >= 0.3 is 6.09 Å². The molecule has 1 aromatic rings. The molecule has 2 rings (SSSR count). The molecule has 1 heterocycles. The number of benzene rings is 1. The number of amides is 1. The Hall–Kier alpha value is -1.91. The summed E-state index contributed by atoms with van der Waals surface area (Å²) in [7, 11) is 1.27. The average molecular weight is 248 g/mol. The molecule has 0 spiro atoms. The van der Waals surface area contributed by atoms with E-state index in [1.165, 1.54) is 12.7 Å². The third-order valence-corrected chi connectivity index (χ3v) is 3.01. The number of methoxy groups -OCH3 is 1. The van der Waals surface area contributed by atoms with Crippen LogP contribution in [0.5, 0.6) is 5.75 Å². The average Bonchev–Trinajstić information content (AvgIpc) is 2.37. The summed E-state index contributed by atoms with van der Waals surface area (Å²) in [6.07, 6.45) is 1.40. The first-order chi connectivity index (χ1) is 8.61. The Kier molecular flexibility index (Phi) is 3.60. The first-order valence-electron chi connectivity index (χ1n) is 5.90. The van der Waals surface area contributed by atoms with Crippen molar-refractivity contribution in [2.75, 3.05) is 7.11 Å². The van der Waals surface area contributed by atoms with Gasteiger partial charge in [-0.25, -0.2) is 4.79 Å². The molecule has 1 atom stereocenters. The number of nitrogens with zero attached hydrogens (tertiary/aromatic N) is 2. The van der Waals surface area contributed by atoms with Crippen LogP contribution in [0.2, 0.25) is 0 Å². The summed E-state index contributed by atoms with van der Waals surface area (Å²) in [4.78, 5) is 11.0. The predicted molar refractivity (Wildman–Crippen MR) is 66.5 cm³/mol. The summed E-state index contributed by atoms with van der Waals surface area (Å²) in [5, 5.41) is 7.35. The topological polar surface area (TPSA) is 60.2 Å². The van der Waals surface area contributed by atoms with Gasteiger partial charge in [0.15, 0.2) is 5.75 Å². The zero-order valence-electron chi connectivity index (χ0n) is 10.8. The third kappa shape index (κ3) is 2.50. The van der Waals surface area contributed by atoms with Crippen LogP contribution >= 0.6 is 0 Å². The SMILES string of the molecule is COC(=O)/N=N/c1ccc(C)c2c1OC(C)CC2. The van der Waals surface area contributed by atoms with E-state index in [1.807, 2.05) is 19.9 Å². The second-order valence-corrected chi connectivity index (χ2v) is 4.35. The number of hydrogen-bond acceptors (Lipinski definition) is 4. The van der Waals surface area contributed by atoms with E-state index in [4.69, 9.17) is 4.74 Å². The quantitative estimate of drug-likeness (QED) is 0.714. The van der Waals surface area contributed by atoms with Crippen molar-refractivity contribution in [3.05, 3.63) is 23.3 Å². The van der Waals surface area contributed by atoms with Crippen molar-refractivity contribution >= 4 is 11.8 Å². The fraction of sp³-hybridized carbons (Fsp3) is 0.462. The number of rotatable bonds is 1. The summed E-state index contributed by atoms with van der Waals surface area (Å²) in [5.41, 5.74) is 2.90. The molecule has 0 radical (unpaired) electrons. The van der Waals surface area contributed by atoms with Crippen molar-refractivity contribution in [1.82, 2.24) is 0 Å². The fourth-order valence-electron chi connectivity index (χ4n) is 1.98. The van der Waals surface area contributed by atoms with Crippen molar-refractivity contribution in [3.8, 4) is 5.75 Å². The van der Waals surface area contributed by atoms with Gasteiger partial charge in [0.05, 0.1) is 13.2 Å². The lowest BCUT2D eigenvalue weighted by Gasteiger charge is -2.25. The molecule has 1 aromatic carbocycles. The maximum atomic E-state index is 11.0. The number of azo groups is 1. The van der Waals surface area contributed by atoms with Crippen molar-refractivity contribution in [3.63, 3.8) is 0 Å². The Morgan fingerprint density at radius 2 is 2.28 bits per heavy atom. The number of aryl methyl sites for hydroxylation is 1. The standard InChI is InChI=1S/C13H16N2O3/c1-8-4-7-11(14-15-13(16)17-3)12-10(8)6-5-9(2)18-12/h4,7,9H,5-6H2,1-3H3/b15-14+. The van der Waals surface area contributed by atoms with Crippen molar-refractivity contribution in [1.29, 1.82) is 0 Å². The fourth-order valence-corrected chi connectivity index (χ4v) is 1.98. The molecule has 1 aliphatic rings. The first-order valence-corrected chi connectivity index (χ1v) is 5.90. The first kappa shape index (κ1) is 12.5. The minimum atomic E-state index is -0.715. The van der Waals surface area contributed by atoms with E-state index in [2.05, 4.69) is 15.0 Å². The molecule has 1 unspecified atom stereocenters. The van der Waals surface area contributed by atoms with Crippen LogP contribution in [0.3, 0.4) is 0 Å². The second-order valence-electron chi connectivity index (χ2n) is 4.35. The van der Waals surface area contributed by atoms with Crippen LogP contribution in [0.15, 0.2) is 22.4 Å². The van der Waals surface area contributed by atoms with Gasteiger partial charge in [-0.15, -0.1) is 5.11 Å². The molecule has 0 fully saturated rings. The summed E-state index contributed by atoms with van der Waals surface area (Å²) in [6, 6.07) is 3.77. The molecule has 0 N–H and O–H groups in total.